The van der Waals surface area contributed by atoms with Gasteiger partial charge in [0.1, 0.15) is 24.2 Å². The van der Waals surface area contributed by atoms with Crippen LogP contribution in [0.1, 0.15) is 10.5 Å². The minimum Gasteiger partial charge on any atom is -0.364 e. The first-order valence-electron chi connectivity index (χ1n) is 5.54. The van der Waals surface area contributed by atoms with Crippen LogP contribution in [0.3, 0.4) is 0 Å². The molecule has 0 unspecified atom stereocenters. The third-order valence-electron chi connectivity index (χ3n) is 2.18. The van der Waals surface area contributed by atoms with E-state index in [0.29, 0.717) is 11.5 Å². The van der Waals surface area contributed by atoms with Gasteiger partial charge in [-0.3, -0.25) is 10.2 Å². The van der Waals surface area contributed by atoms with E-state index in [1.165, 1.54) is 24.6 Å². The molecular weight excluding hydrogens is 274 g/mol. The van der Waals surface area contributed by atoms with Crippen molar-refractivity contribution in [2.24, 2.45) is 5.10 Å². The molecule has 2 N–H and O–H groups in total. The molecule has 0 saturated heterocycles. The molecule has 0 radical (unpaired) electrons. The van der Waals surface area contributed by atoms with Gasteiger partial charge in [0.25, 0.3) is 5.91 Å². The molecule has 0 aliphatic carbocycles. The van der Waals surface area contributed by atoms with Crippen LogP contribution in [0.25, 0.3) is 0 Å². The van der Waals surface area contributed by atoms with E-state index < -0.39 is 5.91 Å². The van der Waals surface area contributed by atoms with Crippen LogP contribution in [-0.2, 0) is 0 Å². The number of nitrogens with one attached hydrogen (secondary N) is 2. The topological polar surface area (TPSA) is 140 Å². The van der Waals surface area contributed by atoms with Crippen molar-refractivity contribution in [3.63, 3.8) is 0 Å². The molecule has 2 aromatic heterocycles. The largest absolute Gasteiger partial charge is 0.364 e. The number of hydrogen-bond acceptors (Lipinski definition) is 8. The van der Waals surface area contributed by atoms with Gasteiger partial charge in [0.2, 0.25) is 5.71 Å². The monoisotopic (exact) mass is 281 g/mol. The minimum absolute atomic E-state index is 0.135. The number of anilines is 2. The van der Waals surface area contributed by atoms with Crippen LogP contribution < -0.4 is 10.7 Å². The summed E-state index contributed by atoms with van der Waals surface area (Å²) < 4.78 is 4.56. The number of aromatic nitrogens is 2. The van der Waals surface area contributed by atoms with Gasteiger partial charge in [-0.1, -0.05) is 5.16 Å². The number of nitriles is 2. The summed E-state index contributed by atoms with van der Waals surface area (Å²) in [7, 11) is 0. The lowest BCUT2D eigenvalue weighted by molar-refractivity contribution is 0.101. The Morgan fingerprint density at radius 2 is 2.10 bits per heavy atom. The number of hydrogen-bond donors (Lipinski definition) is 2. The van der Waals surface area contributed by atoms with Crippen molar-refractivity contribution in [3.8, 4) is 12.1 Å². The minimum atomic E-state index is -0.453. The maximum absolute atomic E-state index is 11.7. The van der Waals surface area contributed by atoms with E-state index >= 15 is 0 Å². The second-order valence-corrected chi connectivity index (χ2v) is 3.57. The van der Waals surface area contributed by atoms with E-state index in [-0.39, 0.29) is 11.4 Å². The number of carbonyl (C=O) groups is 1. The highest BCUT2D eigenvalue weighted by atomic mass is 16.5. The molecule has 0 aliphatic heterocycles. The predicted molar refractivity (Wildman–Crippen MR) is 71.0 cm³/mol. The highest BCUT2D eigenvalue weighted by molar-refractivity contribution is 6.10. The van der Waals surface area contributed by atoms with Gasteiger partial charge in [0.15, 0.2) is 5.69 Å². The van der Waals surface area contributed by atoms with Crippen LogP contribution in [0.15, 0.2) is 40.3 Å². The van der Waals surface area contributed by atoms with E-state index in [4.69, 9.17) is 10.5 Å². The van der Waals surface area contributed by atoms with Crippen LogP contribution in [-0.4, -0.2) is 21.8 Å². The van der Waals surface area contributed by atoms with E-state index in [2.05, 4.69) is 30.5 Å². The number of pyridine rings is 1. The van der Waals surface area contributed by atoms with Gasteiger partial charge in [-0.05, 0) is 12.1 Å². The molecule has 102 valence electrons. The summed E-state index contributed by atoms with van der Waals surface area (Å²) in [6, 6.07) is 7.73. The van der Waals surface area contributed by atoms with Crippen LogP contribution in [0.5, 0.6) is 0 Å². The molecule has 0 saturated carbocycles. The van der Waals surface area contributed by atoms with Crippen molar-refractivity contribution in [1.82, 2.24) is 10.1 Å². The first-order chi connectivity index (χ1) is 10.2. The standard InChI is InChI=1S/C12H7N7O2/c13-5-9(6-14)18-17-8-1-2-11(15-7-8)16-12(20)10-3-4-21-19-10/h1-4,7,17H,(H,15,16,20). The van der Waals surface area contributed by atoms with Crippen LogP contribution in [0.2, 0.25) is 0 Å². The SMILES string of the molecule is N#CC(C#N)=NNc1ccc(NC(=O)c2ccon2)nc1. The fraction of sp³-hybridized carbons (Fsp3) is 0. The zero-order valence-electron chi connectivity index (χ0n) is 10.4. The Hall–Kier alpha value is -3.72. The maximum Gasteiger partial charge on any atom is 0.278 e. The number of nitrogens with zero attached hydrogens (tertiary/aromatic N) is 5. The molecule has 1 amide bonds. The van der Waals surface area contributed by atoms with Gasteiger partial charge < -0.3 is 9.84 Å². The van der Waals surface area contributed by atoms with Crippen molar-refractivity contribution in [1.29, 1.82) is 10.5 Å². The quantitative estimate of drug-likeness (QED) is 0.632. The van der Waals surface area contributed by atoms with E-state index in [0.717, 1.165) is 0 Å². The third kappa shape index (κ3) is 3.62. The van der Waals surface area contributed by atoms with Gasteiger partial charge in [0, 0.05) is 6.07 Å². The van der Waals surface area contributed by atoms with Gasteiger partial charge in [-0.25, -0.2) is 4.98 Å². The lowest BCUT2D eigenvalue weighted by Crippen LogP contribution is -2.13. The van der Waals surface area contributed by atoms with Crippen molar-refractivity contribution in [3.05, 3.63) is 36.4 Å². The van der Waals surface area contributed by atoms with Gasteiger partial charge in [0.05, 0.1) is 11.9 Å². The Morgan fingerprint density at radius 1 is 1.29 bits per heavy atom. The summed E-state index contributed by atoms with van der Waals surface area (Å²) in [6.45, 7) is 0. The Morgan fingerprint density at radius 3 is 2.67 bits per heavy atom. The Bertz CT molecular complexity index is 719. The zero-order valence-corrected chi connectivity index (χ0v) is 10.4. The highest BCUT2D eigenvalue weighted by Gasteiger charge is 2.09. The molecule has 0 fully saturated rings. The predicted octanol–water partition coefficient (Wildman–Crippen LogP) is 1.14. The van der Waals surface area contributed by atoms with Crippen LogP contribution >= 0.6 is 0 Å². The molecule has 2 aromatic rings. The average molecular weight is 281 g/mol. The fourth-order valence-electron chi connectivity index (χ4n) is 1.24. The Balaban J connectivity index is 2.00. The molecule has 9 heteroatoms. The van der Waals surface area contributed by atoms with Crippen molar-refractivity contribution in [2.75, 3.05) is 10.7 Å². The Kier molecular flexibility index (Phi) is 4.21. The summed E-state index contributed by atoms with van der Waals surface area (Å²) in [6.07, 6.45) is 2.67. The highest BCUT2D eigenvalue weighted by Crippen LogP contribution is 2.10. The summed E-state index contributed by atoms with van der Waals surface area (Å²) in [5.74, 6) is -0.149. The number of carbonyl (C=O) groups excluding carboxylic acids is 1. The van der Waals surface area contributed by atoms with Crippen molar-refractivity contribution >= 4 is 23.1 Å². The first kappa shape index (κ1) is 13.7. The van der Waals surface area contributed by atoms with Gasteiger partial charge in [-0.15, -0.1) is 0 Å². The molecule has 0 atom stereocenters. The van der Waals surface area contributed by atoms with Crippen LogP contribution in [0.4, 0.5) is 11.5 Å². The fourth-order valence-corrected chi connectivity index (χ4v) is 1.24. The second-order valence-electron chi connectivity index (χ2n) is 3.57. The van der Waals surface area contributed by atoms with Crippen molar-refractivity contribution < 1.29 is 9.32 Å². The number of amides is 1. The smallest absolute Gasteiger partial charge is 0.278 e. The Labute approximate surface area is 118 Å². The molecule has 0 bridgehead atoms. The molecule has 2 heterocycles. The molecule has 0 aromatic carbocycles. The molecule has 2 rings (SSSR count). The first-order valence-corrected chi connectivity index (χ1v) is 5.54. The molecule has 0 spiro atoms. The van der Waals surface area contributed by atoms with Crippen LogP contribution in [0, 0.1) is 22.7 Å². The average Bonchev–Trinajstić information content (AvgIpc) is 3.04. The molecule has 21 heavy (non-hydrogen) atoms. The maximum atomic E-state index is 11.7. The third-order valence-corrected chi connectivity index (χ3v) is 2.18. The normalized spacial score (nSPS) is 9.05. The van der Waals surface area contributed by atoms with E-state index in [1.807, 2.05) is 0 Å². The number of hydrazone groups is 1. The zero-order chi connectivity index (χ0) is 15.1. The van der Waals surface area contributed by atoms with Crippen molar-refractivity contribution in [2.45, 2.75) is 0 Å². The molecule has 0 aliphatic rings. The second kappa shape index (κ2) is 6.45. The summed E-state index contributed by atoms with van der Waals surface area (Å²) in [5, 5.41) is 26.6. The summed E-state index contributed by atoms with van der Waals surface area (Å²) in [5.41, 5.74) is 2.78. The number of rotatable bonds is 4. The lowest BCUT2D eigenvalue weighted by Gasteiger charge is -2.03. The molecule has 9 nitrogen and oxygen atoms in total. The van der Waals surface area contributed by atoms with E-state index in [1.54, 1.807) is 18.2 Å². The molecular formula is C12H7N7O2. The van der Waals surface area contributed by atoms with E-state index in [9.17, 15) is 4.79 Å². The van der Waals surface area contributed by atoms with Gasteiger partial charge >= 0.3 is 0 Å². The summed E-state index contributed by atoms with van der Waals surface area (Å²) in [4.78, 5) is 15.6. The summed E-state index contributed by atoms with van der Waals surface area (Å²) >= 11 is 0. The van der Waals surface area contributed by atoms with Gasteiger partial charge in [-0.2, -0.15) is 15.6 Å². The lowest BCUT2D eigenvalue weighted by atomic mass is 10.4.